The monoisotopic (exact) mass is 288 g/mol. The highest BCUT2D eigenvalue weighted by Gasteiger charge is 2.17. The summed E-state index contributed by atoms with van der Waals surface area (Å²) in [5, 5.41) is 4.19. The van der Waals surface area contributed by atoms with Gasteiger partial charge in [0, 0.05) is 17.3 Å². The average molecular weight is 288 g/mol. The van der Waals surface area contributed by atoms with Crippen LogP contribution < -0.4 is 5.73 Å². The van der Waals surface area contributed by atoms with E-state index >= 15 is 0 Å². The minimum absolute atomic E-state index is 0.180. The third kappa shape index (κ3) is 2.22. The number of nitrogens with zero attached hydrogens (tertiary/aromatic N) is 3. The summed E-state index contributed by atoms with van der Waals surface area (Å²) in [4.78, 5) is 3.97. The Labute approximate surface area is 120 Å². The van der Waals surface area contributed by atoms with Crippen molar-refractivity contribution >= 4 is 11.3 Å². The van der Waals surface area contributed by atoms with Crippen LogP contribution in [0.1, 0.15) is 25.5 Å². The summed E-state index contributed by atoms with van der Waals surface area (Å²) >= 11 is 0. The van der Waals surface area contributed by atoms with Crippen LogP contribution >= 0.6 is 0 Å². The molecule has 0 spiro atoms. The Morgan fingerprint density at radius 2 is 1.76 bits per heavy atom. The lowest BCUT2D eigenvalue weighted by molar-refractivity contribution is 0.584. The maximum absolute atomic E-state index is 13.5. The fourth-order valence-electron chi connectivity index (χ4n) is 2.43. The van der Waals surface area contributed by atoms with Crippen LogP contribution in [0.4, 0.5) is 14.6 Å². The van der Waals surface area contributed by atoms with Crippen LogP contribution in [-0.2, 0) is 0 Å². The predicted octanol–water partition coefficient (Wildman–Crippen LogP) is 3.38. The van der Waals surface area contributed by atoms with Gasteiger partial charge in [-0.15, -0.1) is 0 Å². The third-order valence-electron chi connectivity index (χ3n) is 3.38. The number of nitrogens with two attached hydrogens (primary N) is 1. The van der Waals surface area contributed by atoms with Crippen molar-refractivity contribution in [1.82, 2.24) is 14.6 Å². The minimum atomic E-state index is -0.633. The van der Waals surface area contributed by atoms with Crippen molar-refractivity contribution in [3.63, 3.8) is 0 Å². The van der Waals surface area contributed by atoms with Crippen molar-refractivity contribution < 1.29 is 8.78 Å². The molecule has 0 saturated heterocycles. The van der Waals surface area contributed by atoms with Gasteiger partial charge in [0.1, 0.15) is 23.5 Å². The van der Waals surface area contributed by atoms with E-state index in [2.05, 4.69) is 10.1 Å². The Morgan fingerprint density at radius 3 is 2.38 bits per heavy atom. The van der Waals surface area contributed by atoms with Crippen molar-refractivity contribution in [2.75, 3.05) is 5.73 Å². The number of benzene rings is 1. The number of halogens is 2. The van der Waals surface area contributed by atoms with E-state index in [4.69, 9.17) is 5.73 Å². The summed E-state index contributed by atoms with van der Waals surface area (Å²) in [6.45, 7) is 4.02. The molecule has 0 unspecified atom stereocenters. The van der Waals surface area contributed by atoms with E-state index in [-0.39, 0.29) is 11.7 Å². The molecule has 0 aliphatic heterocycles. The van der Waals surface area contributed by atoms with E-state index in [9.17, 15) is 8.78 Å². The molecule has 0 saturated carbocycles. The Hall–Kier alpha value is -2.50. The molecular weight excluding hydrogens is 274 g/mol. The second-order valence-corrected chi connectivity index (χ2v) is 5.20. The quantitative estimate of drug-likeness (QED) is 0.786. The summed E-state index contributed by atoms with van der Waals surface area (Å²) in [6.07, 6.45) is 1.37. The van der Waals surface area contributed by atoms with Crippen LogP contribution in [0.3, 0.4) is 0 Å². The van der Waals surface area contributed by atoms with Gasteiger partial charge in [0.2, 0.25) is 0 Å². The molecule has 4 nitrogen and oxygen atoms in total. The van der Waals surface area contributed by atoms with Crippen LogP contribution in [0.5, 0.6) is 0 Å². The molecule has 2 N–H and O–H groups in total. The number of rotatable bonds is 2. The minimum Gasteiger partial charge on any atom is -0.382 e. The van der Waals surface area contributed by atoms with Crippen molar-refractivity contribution in [3.8, 4) is 11.1 Å². The maximum atomic E-state index is 13.5. The molecular formula is C15H14F2N4. The molecule has 0 aliphatic rings. The molecule has 2 heterocycles. The standard InChI is InChI=1S/C15H14F2N4/c1-8(2)13-6-12(9-3-10(16)5-11(17)4-9)14-15(18)19-7-20-21(13)14/h3-8H,1-2H3,(H2,18,19,20). The summed E-state index contributed by atoms with van der Waals surface area (Å²) in [5.74, 6) is -0.813. The van der Waals surface area contributed by atoms with Crippen LogP contribution in [0.25, 0.3) is 16.6 Å². The molecule has 0 bridgehead atoms. The van der Waals surface area contributed by atoms with Crippen LogP contribution in [0.2, 0.25) is 0 Å². The van der Waals surface area contributed by atoms with Gasteiger partial charge in [0.25, 0.3) is 0 Å². The number of aromatic nitrogens is 3. The SMILES string of the molecule is CC(C)c1cc(-c2cc(F)cc(F)c2)c2c(N)ncnn12. The van der Waals surface area contributed by atoms with Crippen molar-refractivity contribution in [3.05, 3.63) is 47.9 Å². The molecule has 3 aromatic rings. The van der Waals surface area contributed by atoms with Crippen molar-refractivity contribution in [1.29, 1.82) is 0 Å². The van der Waals surface area contributed by atoms with Gasteiger partial charge in [0.05, 0.1) is 0 Å². The second kappa shape index (κ2) is 4.80. The van der Waals surface area contributed by atoms with Gasteiger partial charge in [-0.1, -0.05) is 13.8 Å². The smallest absolute Gasteiger partial charge is 0.151 e. The van der Waals surface area contributed by atoms with E-state index < -0.39 is 11.6 Å². The fraction of sp³-hybridized carbons (Fsp3) is 0.200. The van der Waals surface area contributed by atoms with E-state index in [0.717, 1.165) is 11.8 Å². The van der Waals surface area contributed by atoms with Gasteiger partial charge in [-0.25, -0.2) is 18.3 Å². The first-order chi connectivity index (χ1) is 9.97. The number of fused-ring (bicyclic) bond motifs is 1. The number of hydrogen-bond donors (Lipinski definition) is 1. The van der Waals surface area contributed by atoms with Crippen LogP contribution in [-0.4, -0.2) is 14.6 Å². The molecule has 2 aromatic heterocycles. The molecule has 3 rings (SSSR count). The highest BCUT2D eigenvalue weighted by molar-refractivity contribution is 5.88. The molecule has 6 heteroatoms. The zero-order valence-electron chi connectivity index (χ0n) is 11.6. The lowest BCUT2D eigenvalue weighted by Gasteiger charge is -2.05. The fourth-order valence-corrected chi connectivity index (χ4v) is 2.43. The highest BCUT2D eigenvalue weighted by Crippen LogP contribution is 2.33. The second-order valence-electron chi connectivity index (χ2n) is 5.20. The molecule has 0 atom stereocenters. The number of nitrogen functional groups attached to an aromatic ring is 1. The molecule has 21 heavy (non-hydrogen) atoms. The highest BCUT2D eigenvalue weighted by atomic mass is 19.1. The van der Waals surface area contributed by atoms with E-state index in [1.54, 1.807) is 4.52 Å². The summed E-state index contributed by atoms with van der Waals surface area (Å²) < 4.78 is 28.6. The number of hydrogen-bond acceptors (Lipinski definition) is 3. The normalized spacial score (nSPS) is 11.5. The molecule has 0 fully saturated rings. The van der Waals surface area contributed by atoms with Gasteiger partial charge >= 0.3 is 0 Å². The lowest BCUT2D eigenvalue weighted by Crippen LogP contribution is -2.03. The Morgan fingerprint density at radius 1 is 1.10 bits per heavy atom. The first-order valence-corrected chi connectivity index (χ1v) is 6.56. The Balaban J connectivity index is 2.37. The van der Waals surface area contributed by atoms with E-state index in [1.807, 2.05) is 19.9 Å². The topological polar surface area (TPSA) is 56.2 Å². The van der Waals surface area contributed by atoms with E-state index in [1.165, 1.54) is 18.5 Å². The summed E-state index contributed by atoms with van der Waals surface area (Å²) in [7, 11) is 0. The van der Waals surface area contributed by atoms with Crippen molar-refractivity contribution in [2.24, 2.45) is 0 Å². The van der Waals surface area contributed by atoms with Crippen LogP contribution in [0.15, 0.2) is 30.6 Å². The van der Waals surface area contributed by atoms with E-state index in [0.29, 0.717) is 16.6 Å². The average Bonchev–Trinajstić information content (AvgIpc) is 2.78. The van der Waals surface area contributed by atoms with Gasteiger partial charge in [-0.3, -0.25) is 0 Å². The van der Waals surface area contributed by atoms with Gasteiger partial charge < -0.3 is 5.73 Å². The Bertz CT molecular complexity index is 804. The number of anilines is 1. The Kier molecular flexibility index (Phi) is 3.08. The summed E-state index contributed by atoms with van der Waals surface area (Å²) in [5.41, 5.74) is 8.42. The molecule has 0 radical (unpaired) electrons. The molecule has 0 amide bonds. The van der Waals surface area contributed by atoms with Crippen molar-refractivity contribution in [2.45, 2.75) is 19.8 Å². The van der Waals surface area contributed by atoms with Gasteiger partial charge in [-0.2, -0.15) is 5.10 Å². The molecule has 1 aromatic carbocycles. The van der Waals surface area contributed by atoms with Gasteiger partial charge in [0.15, 0.2) is 5.82 Å². The van der Waals surface area contributed by atoms with Gasteiger partial charge in [-0.05, 0) is 29.7 Å². The third-order valence-corrected chi connectivity index (χ3v) is 3.38. The molecule has 108 valence electrons. The van der Waals surface area contributed by atoms with Crippen LogP contribution in [0, 0.1) is 11.6 Å². The first kappa shape index (κ1) is 13.5. The zero-order chi connectivity index (χ0) is 15.1. The molecule has 0 aliphatic carbocycles. The first-order valence-electron chi connectivity index (χ1n) is 6.56. The summed E-state index contributed by atoms with van der Waals surface area (Å²) in [6, 6.07) is 5.23. The predicted molar refractivity (Wildman–Crippen MR) is 76.8 cm³/mol. The largest absolute Gasteiger partial charge is 0.382 e. The lowest BCUT2D eigenvalue weighted by atomic mass is 10.0. The zero-order valence-corrected chi connectivity index (χ0v) is 11.6. The maximum Gasteiger partial charge on any atom is 0.151 e.